The number of hydrogen-bond acceptors (Lipinski definition) is 6. The van der Waals surface area contributed by atoms with Gasteiger partial charge < -0.3 is 15.5 Å². The molecule has 0 spiro atoms. The number of rotatable bonds is 6. The largest absolute Gasteiger partial charge is 0.357 e. The molecule has 1 aromatic heterocycles. The number of Topliss-reactive ketones (excluding diaryl/α,β-unsaturated/α-hetero) is 1. The summed E-state index contributed by atoms with van der Waals surface area (Å²) in [6.45, 7) is 4.39. The zero-order valence-electron chi connectivity index (χ0n) is 23.3. The van der Waals surface area contributed by atoms with Gasteiger partial charge in [0, 0.05) is 35.0 Å². The van der Waals surface area contributed by atoms with Gasteiger partial charge in [0.25, 0.3) is 0 Å². The number of fused-ring (bicyclic) bond motifs is 1. The second-order valence-corrected chi connectivity index (χ2v) is 11.5. The molecule has 1 aliphatic carbocycles. The van der Waals surface area contributed by atoms with E-state index >= 15 is 4.39 Å². The van der Waals surface area contributed by atoms with Crippen LogP contribution in [0.4, 0.5) is 25.8 Å². The fourth-order valence-electron chi connectivity index (χ4n) is 5.82. The Kier molecular flexibility index (Phi) is 7.06. The van der Waals surface area contributed by atoms with Crippen LogP contribution in [-0.4, -0.2) is 33.0 Å². The maximum absolute atomic E-state index is 15.5. The first kappa shape index (κ1) is 27.3. The predicted octanol–water partition coefficient (Wildman–Crippen LogP) is 5.86. The van der Waals surface area contributed by atoms with Crippen LogP contribution in [0.25, 0.3) is 0 Å². The SMILES string of the molecule is CC1(C)CC(=O)C2=C(C1)Nc1ccccc1N(CC(=O)Nc1ccc(Cn3cncn3)cc1)C2c1ccc(F)cc1F. The number of anilines is 3. The summed E-state index contributed by atoms with van der Waals surface area (Å²) in [7, 11) is 0. The van der Waals surface area contributed by atoms with Crippen molar-refractivity contribution in [2.75, 3.05) is 22.1 Å². The number of amides is 1. The lowest BCUT2D eigenvalue weighted by molar-refractivity contribution is -0.119. The van der Waals surface area contributed by atoms with Crippen LogP contribution in [0.3, 0.4) is 0 Å². The molecule has 0 fully saturated rings. The molecule has 4 aromatic rings. The minimum absolute atomic E-state index is 0.126. The first-order valence-corrected chi connectivity index (χ1v) is 13.7. The Bertz CT molecular complexity index is 1680. The second kappa shape index (κ2) is 10.8. The maximum Gasteiger partial charge on any atom is 0.243 e. The lowest BCUT2D eigenvalue weighted by Crippen LogP contribution is -2.40. The number of nitrogens with one attached hydrogen (secondary N) is 2. The third-order valence-corrected chi connectivity index (χ3v) is 7.62. The highest BCUT2D eigenvalue weighted by molar-refractivity contribution is 6.02. The van der Waals surface area contributed by atoms with E-state index < -0.39 is 17.7 Å². The average Bonchev–Trinajstić information content (AvgIpc) is 3.40. The van der Waals surface area contributed by atoms with Crippen LogP contribution < -0.4 is 15.5 Å². The number of aromatic nitrogens is 3. The van der Waals surface area contributed by atoms with Crippen LogP contribution in [-0.2, 0) is 16.1 Å². The van der Waals surface area contributed by atoms with Crippen molar-refractivity contribution in [2.45, 2.75) is 39.3 Å². The third-order valence-electron chi connectivity index (χ3n) is 7.62. The van der Waals surface area contributed by atoms with E-state index in [1.807, 2.05) is 50.2 Å². The molecule has 42 heavy (non-hydrogen) atoms. The average molecular weight is 569 g/mol. The van der Waals surface area contributed by atoms with Crippen molar-refractivity contribution in [1.82, 2.24) is 14.8 Å². The Hall–Kier alpha value is -4.86. The predicted molar refractivity (Wildman–Crippen MR) is 156 cm³/mol. The Morgan fingerprint density at radius 2 is 1.86 bits per heavy atom. The summed E-state index contributed by atoms with van der Waals surface area (Å²) in [6, 6.07) is 17.2. The van der Waals surface area contributed by atoms with E-state index in [4.69, 9.17) is 0 Å². The summed E-state index contributed by atoms with van der Waals surface area (Å²) < 4.78 is 31.2. The fourth-order valence-corrected chi connectivity index (χ4v) is 5.82. The first-order valence-electron chi connectivity index (χ1n) is 13.7. The van der Waals surface area contributed by atoms with E-state index in [1.165, 1.54) is 18.5 Å². The third kappa shape index (κ3) is 5.52. The number of para-hydroxylation sites is 2. The highest BCUT2D eigenvalue weighted by Gasteiger charge is 2.42. The van der Waals surface area contributed by atoms with Gasteiger partial charge in [0.1, 0.15) is 24.3 Å². The minimum atomic E-state index is -0.948. The second-order valence-electron chi connectivity index (χ2n) is 11.5. The van der Waals surface area contributed by atoms with E-state index in [1.54, 1.807) is 28.0 Å². The fraction of sp³-hybridized carbons (Fsp3) is 0.250. The lowest BCUT2D eigenvalue weighted by Gasteiger charge is -2.38. The molecule has 2 N–H and O–H groups in total. The Labute approximate surface area is 242 Å². The van der Waals surface area contributed by atoms with E-state index in [0.29, 0.717) is 41.3 Å². The molecular formula is C32H30F2N6O2. The van der Waals surface area contributed by atoms with Crippen molar-refractivity contribution in [3.63, 3.8) is 0 Å². The van der Waals surface area contributed by atoms with E-state index in [9.17, 15) is 14.0 Å². The normalized spacial score (nSPS) is 17.7. The van der Waals surface area contributed by atoms with Crippen LogP contribution >= 0.6 is 0 Å². The number of hydrogen-bond donors (Lipinski definition) is 2. The van der Waals surface area contributed by atoms with Crippen LogP contribution in [0.5, 0.6) is 0 Å². The molecule has 2 heterocycles. The Morgan fingerprint density at radius 3 is 2.60 bits per heavy atom. The number of carbonyl (C=O) groups excluding carboxylic acids is 2. The highest BCUT2D eigenvalue weighted by atomic mass is 19.1. The molecule has 1 aliphatic heterocycles. The Morgan fingerprint density at radius 1 is 1.07 bits per heavy atom. The van der Waals surface area contributed by atoms with Gasteiger partial charge in [-0.3, -0.25) is 9.59 Å². The van der Waals surface area contributed by atoms with Crippen molar-refractivity contribution in [1.29, 1.82) is 0 Å². The van der Waals surface area contributed by atoms with Crippen LogP contribution in [0, 0.1) is 17.0 Å². The highest BCUT2D eigenvalue weighted by Crippen LogP contribution is 2.48. The molecule has 10 heteroatoms. The first-order chi connectivity index (χ1) is 20.2. The van der Waals surface area contributed by atoms with Gasteiger partial charge in [-0.1, -0.05) is 44.2 Å². The molecule has 8 nitrogen and oxygen atoms in total. The summed E-state index contributed by atoms with van der Waals surface area (Å²) in [5.74, 6) is -1.99. The number of carbonyl (C=O) groups is 2. The molecule has 0 bridgehead atoms. The molecule has 1 atom stereocenters. The van der Waals surface area contributed by atoms with Crippen molar-refractivity contribution in [3.8, 4) is 0 Å². The standard InChI is InChI=1S/C32H30F2N6O2/c1-32(2)14-26-30(28(41)15-32)31(23-12-9-21(33)13-24(23)34)40(27-6-4-3-5-25(27)38-26)17-29(42)37-22-10-7-20(8-11-22)16-39-19-35-18-36-39/h3-13,18-19,31,38H,14-17H2,1-2H3,(H,37,42). The van der Waals surface area contributed by atoms with Crippen molar-refractivity contribution >= 4 is 28.8 Å². The van der Waals surface area contributed by atoms with Crippen LogP contribution in [0.2, 0.25) is 0 Å². The molecule has 1 unspecified atom stereocenters. The van der Waals surface area contributed by atoms with Crippen molar-refractivity contribution in [2.24, 2.45) is 5.41 Å². The van der Waals surface area contributed by atoms with E-state index in [2.05, 4.69) is 20.7 Å². The number of ketones is 1. The van der Waals surface area contributed by atoms with Gasteiger partial charge >= 0.3 is 0 Å². The summed E-state index contributed by atoms with van der Waals surface area (Å²) in [4.78, 5) is 33.0. The molecular weight excluding hydrogens is 538 g/mol. The molecule has 0 saturated carbocycles. The molecule has 1 amide bonds. The number of nitrogens with zero attached hydrogens (tertiary/aromatic N) is 4. The summed E-state index contributed by atoms with van der Waals surface area (Å²) in [5.41, 5.74) is 3.79. The van der Waals surface area contributed by atoms with E-state index in [-0.39, 0.29) is 35.6 Å². The minimum Gasteiger partial charge on any atom is -0.357 e. The van der Waals surface area contributed by atoms with Gasteiger partial charge in [0.2, 0.25) is 5.91 Å². The summed E-state index contributed by atoms with van der Waals surface area (Å²) in [5, 5.41) is 10.5. The quantitative estimate of drug-likeness (QED) is 0.303. The number of allylic oxidation sites excluding steroid dienone is 1. The molecule has 0 radical (unpaired) electrons. The topological polar surface area (TPSA) is 92.2 Å². The van der Waals surface area contributed by atoms with Gasteiger partial charge in [-0.25, -0.2) is 18.4 Å². The summed E-state index contributed by atoms with van der Waals surface area (Å²) in [6.07, 6.45) is 3.92. The van der Waals surface area contributed by atoms with Gasteiger partial charge in [0.15, 0.2) is 5.78 Å². The van der Waals surface area contributed by atoms with Gasteiger partial charge in [-0.2, -0.15) is 5.10 Å². The Balaban J connectivity index is 1.37. The van der Waals surface area contributed by atoms with Crippen molar-refractivity contribution in [3.05, 3.63) is 113 Å². The molecule has 6 rings (SSSR count). The number of halogens is 2. The lowest BCUT2D eigenvalue weighted by atomic mass is 9.73. The molecule has 3 aromatic carbocycles. The monoisotopic (exact) mass is 568 g/mol. The van der Waals surface area contributed by atoms with Crippen molar-refractivity contribution < 1.29 is 18.4 Å². The summed E-state index contributed by atoms with van der Waals surface area (Å²) >= 11 is 0. The smallest absolute Gasteiger partial charge is 0.243 e. The van der Waals surface area contributed by atoms with E-state index in [0.717, 1.165) is 11.6 Å². The number of benzene rings is 3. The van der Waals surface area contributed by atoms with Gasteiger partial charge in [-0.15, -0.1) is 0 Å². The molecule has 0 saturated heterocycles. The van der Waals surface area contributed by atoms with Gasteiger partial charge in [-0.05, 0) is 47.7 Å². The van der Waals surface area contributed by atoms with Crippen LogP contribution in [0.1, 0.15) is 43.9 Å². The van der Waals surface area contributed by atoms with Crippen LogP contribution in [0.15, 0.2) is 90.7 Å². The zero-order chi connectivity index (χ0) is 29.4. The molecule has 214 valence electrons. The van der Waals surface area contributed by atoms with Gasteiger partial charge in [0.05, 0.1) is 30.5 Å². The zero-order valence-corrected chi connectivity index (χ0v) is 23.3. The molecule has 2 aliphatic rings. The maximum atomic E-state index is 15.5.